The van der Waals surface area contributed by atoms with Gasteiger partial charge < -0.3 is 10.2 Å². The number of nitrogens with two attached hydrogens (primary N) is 1. The van der Waals surface area contributed by atoms with Crippen LogP contribution in [0.15, 0.2) is 29.3 Å². The van der Waals surface area contributed by atoms with Crippen LogP contribution < -0.4 is 5.73 Å². The first-order chi connectivity index (χ1) is 7.11. The van der Waals surface area contributed by atoms with E-state index in [4.69, 9.17) is 10.2 Å². The number of aromatic nitrogens is 1. The first-order valence-corrected chi connectivity index (χ1v) is 4.44. The molecule has 2 heterocycles. The van der Waals surface area contributed by atoms with Crippen LogP contribution >= 0.6 is 0 Å². The SMILES string of the molecule is C=C(C)c1oc2ncccc2c1C(N)=O. The number of primary amides is 1. The molecule has 0 aliphatic heterocycles. The molecule has 2 aromatic heterocycles. The number of nitrogens with zero attached hydrogens (tertiary/aromatic N) is 1. The van der Waals surface area contributed by atoms with E-state index in [1.54, 1.807) is 25.3 Å². The minimum atomic E-state index is -0.528. The van der Waals surface area contributed by atoms with Crippen LogP contribution in [0, 0.1) is 0 Å². The van der Waals surface area contributed by atoms with Crippen LogP contribution in [0.3, 0.4) is 0 Å². The molecular weight excluding hydrogens is 192 g/mol. The average Bonchev–Trinajstić information content (AvgIpc) is 2.56. The molecular formula is C11H10N2O2. The van der Waals surface area contributed by atoms with Crippen molar-refractivity contribution in [1.29, 1.82) is 0 Å². The second kappa shape index (κ2) is 3.24. The van der Waals surface area contributed by atoms with E-state index < -0.39 is 5.91 Å². The molecule has 2 aromatic rings. The summed E-state index contributed by atoms with van der Waals surface area (Å²) in [5.74, 6) is -0.115. The van der Waals surface area contributed by atoms with E-state index in [-0.39, 0.29) is 0 Å². The Morgan fingerprint density at radius 2 is 2.33 bits per heavy atom. The van der Waals surface area contributed by atoms with E-state index in [1.807, 2.05) is 0 Å². The minimum Gasteiger partial charge on any atom is -0.437 e. The quantitative estimate of drug-likeness (QED) is 0.809. The molecule has 0 aromatic carbocycles. The first-order valence-electron chi connectivity index (χ1n) is 4.44. The summed E-state index contributed by atoms with van der Waals surface area (Å²) < 4.78 is 5.41. The van der Waals surface area contributed by atoms with Gasteiger partial charge in [-0.3, -0.25) is 4.79 Å². The van der Waals surface area contributed by atoms with Gasteiger partial charge >= 0.3 is 0 Å². The van der Waals surface area contributed by atoms with E-state index in [9.17, 15) is 4.79 Å². The van der Waals surface area contributed by atoms with Crippen LogP contribution in [0.1, 0.15) is 23.0 Å². The molecule has 2 rings (SSSR count). The van der Waals surface area contributed by atoms with Crippen LogP contribution in [0.25, 0.3) is 16.7 Å². The third-order valence-electron chi connectivity index (χ3n) is 2.10. The van der Waals surface area contributed by atoms with Crippen LogP contribution in [0.5, 0.6) is 0 Å². The molecule has 4 nitrogen and oxygen atoms in total. The summed E-state index contributed by atoms with van der Waals surface area (Å²) in [6.45, 7) is 5.49. The number of carbonyl (C=O) groups is 1. The molecule has 15 heavy (non-hydrogen) atoms. The van der Waals surface area contributed by atoms with Gasteiger partial charge in [0.1, 0.15) is 5.76 Å². The Balaban J connectivity index is 2.86. The number of allylic oxidation sites excluding steroid dienone is 1. The number of rotatable bonds is 2. The minimum absolute atomic E-state index is 0.352. The highest BCUT2D eigenvalue weighted by Gasteiger charge is 2.19. The largest absolute Gasteiger partial charge is 0.437 e. The van der Waals surface area contributed by atoms with Crippen molar-refractivity contribution in [3.05, 3.63) is 36.2 Å². The fourth-order valence-electron chi connectivity index (χ4n) is 1.48. The molecule has 0 atom stereocenters. The molecule has 0 saturated heterocycles. The van der Waals surface area contributed by atoms with Crippen molar-refractivity contribution in [3.8, 4) is 0 Å². The van der Waals surface area contributed by atoms with Crippen molar-refractivity contribution in [2.45, 2.75) is 6.92 Å². The average molecular weight is 202 g/mol. The molecule has 0 saturated carbocycles. The van der Waals surface area contributed by atoms with Gasteiger partial charge in [0.25, 0.3) is 5.91 Å². The lowest BCUT2D eigenvalue weighted by Gasteiger charge is -1.95. The monoisotopic (exact) mass is 202 g/mol. The molecule has 0 aliphatic rings. The molecule has 0 bridgehead atoms. The molecule has 0 aliphatic carbocycles. The van der Waals surface area contributed by atoms with Gasteiger partial charge in [-0.2, -0.15) is 0 Å². The number of fused-ring (bicyclic) bond motifs is 1. The molecule has 0 unspecified atom stereocenters. The number of hydrogen-bond acceptors (Lipinski definition) is 3. The summed E-state index contributed by atoms with van der Waals surface area (Å²) in [6.07, 6.45) is 1.60. The van der Waals surface area contributed by atoms with Gasteiger partial charge in [-0.25, -0.2) is 4.98 Å². The maximum Gasteiger partial charge on any atom is 0.253 e. The summed E-state index contributed by atoms with van der Waals surface area (Å²) >= 11 is 0. The smallest absolute Gasteiger partial charge is 0.253 e. The zero-order valence-electron chi connectivity index (χ0n) is 8.28. The summed E-state index contributed by atoms with van der Waals surface area (Å²) in [6, 6.07) is 3.48. The van der Waals surface area contributed by atoms with E-state index in [1.165, 1.54) is 0 Å². The van der Waals surface area contributed by atoms with Gasteiger partial charge in [-0.15, -0.1) is 0 Å². The maximum atomic E-state index is 11.3. The van der Waals surface area contributed by atoms with Crippen LogP contribution in [0.2, 0.25) is 0 Å². The molecule has 0 spiro atoms. The zero-order valence-corrected chi connectivity index (χ0v) is 8.28. The molecule has 76 valence electrons. The number of hydrogen-bond donors (Lipinski definition) is 1. The van der Waals surface area contributed by atoms with Crippen LogP contribution in [0.4, 0.5) is 0 Å². The Hall–Kier alpha value is -2.10. The maximum absolute atomic E-state index is 11.3. The highest BCUT2D eigenvalue weighted by molar-refractivity contribution is 6.08. The van der Waals surface area contributed by atoms with Gasteiger partial charge in [-0.05, 0) is 24.6 Å². The van der Waals surface area contributed by atoms with Crippen molar-refractivity contribution in [2.75, 3.05) is 0 Å². The van der Waals surface area contributed by atoms with E-state index in [0.717, 1.165) is 0 Å². The van der Waals surface area contributed by atoms with Gasteiger partial charge in [-0.1, -0.05) is 6.58 Å². The van der Waals surface area contributed by atoms with E-state index >= 15 is 0 Å². The predicted molar refractivity (Wildman–Crippen MR) is 57.2 cm³/mol. The van der Waals surface area contributed by atoms with Crippen molar-refractivity contribution in [1.82, 2.24) is 4.98 Å². The second-order valence-corrected chi connectivity index (χ2v) is 3.31. The predicted octanol–water partition coefficient (Wildman–Crippen LogP) is 1.96. The lowest BCUT2D eigenvalue weighted by atomic mass is 10.1. The van der Waals surface area contributed by atoms with E-state index in [0.29, 0.717) is 28.0 Å². The fourth-order valence-corrected chi connectivity index (χ4v) is 1.48. The van der Waals surface area contributed by atoms with Gasteiger partial charge in [0, 0.05) is 6.20 Å². The van der Waals surface area contributed by atoms with Crippen LogP contribution in [-0.4, -0.2) is 10.9 Å². The standard InChI is InChI=1S/C11H10N2O2/c1-6(2)9-8(10(12)14)7-4-3-5-13-11(7)15-9/h3-5H,1H2,2H3,(H2,12,14). The van der Waals surface area contributed by atoms with Crippen molar-refractivity contribution < 1.29 is 9.21 Å². The summed E-state index contributed by atoms with van der Waals surface area (Å²) in [5.41, 5.74) is 6.71. The third kappa shape index (κ3) is 1.40. The Labute approximate surface area is 86.4 Å². The van der Waals surface area contributed by atoms with Crippen molar-refractivity contribution in [2.24, 2.45) is 5.73 Å². The van der Waals surface area contributed by atoms with Gasteiger partial charge in [0.05, 0.1) is 10.9 Å². The molecule has 0 fully saturated rings. The Morgan fingerprint density at radius 1 is 1.60 bits per heavy atom. The molecule has 0 radical (unpaired) electrons. The zero-order chi connectivity index (χ0) is 11.0. The first kappa shape index (κ1) is 9.45. The Bertz CT molecular complexity index is 555. The van der Waals surface area contributed by atoms with Crippen LogP contribution in [-0.2, 0) is 0 Å². The number of pyridine rings is 1. The topological polar surface area (TPSA) is 69.1 Å². The normalized spacial score (nSPS) is 10.5. The lowest BCUT2D eigenvalue weighted by molar-refractivity contribution is 0.100. The molecule has 2 N–H and O–H groups in total. The summed E-state index contributed by atoms with van der Waals surface area (Å²) in [4.78, 5) is 15.3. The van der Waals surface area contributed by atoms with Crippen molar-refractivity contribution >= 4 is 22.6 Å². The fraction of sp³-hybridized carbons (Fsp3) is 0.0909. The van der Waals surface area contributed by atoms with E-state index in [2.05, 4.69) is 11.6 Å². The summed E-state index contributed by atoms with van der Waals surface area (Å²) in [7, 11) is 0. The Kier molecular flexibility index (Phi) is 2.04. The highest BCUT2D eigenvalue weighted by atomic mass is 16.3. The lowest BCUT2D eigenvalue weighted by Crippen LogP contribution is -2.12. The van der Waals surface area contributed by atoms with Gasteiger partial charge in [0.15, 0.2) is 0 Å². The van der Waals surface area contributed by atoms with Gasteiger partial charge in [0.2, 0.25) is 5.71 Å². The molecule has 4 heteroatoms. The number of carbonyl (C=O) groups excluding carboxylic acids is 1. The summed E-state index contributed by atoms with van der Waals surface area (Å²) in [5, 5.41) is 0.628. The third-order valence-corrected chi connectivity index (χ3v) is 2.10. The molecule has 1 amide bonds. The number of furan rings is 1. The highest BCUT2D eigenvalue weighted by Crippen LogP contribution is 2.27. The Morgan fingerprint density at radius 3 is 2.93 bits per heavy atom. The second-order valence-electron chi connectivity index (χ2n) is 3.31. The number of amides is 1. The van der Waals surface area contributed by atoms with Crippen molar-refractivity contribution in [3.63, 3.8) is 0 Å².